The summed E-state index contributed by atoms with van der Waals surface area (Å²) in [5, 5.41) is 15.1. The minimum Gasteiger partial charge on any atom is -0.340 e. The molecule has 142 valence electrons. The van der Waals surface area contributed by atoms with Crippen molar-refractivity contribution in [1.29, 1.82) is 5.26 Å². The molecular formula is C20H19FN6O. The lowest BCUT2D eigenvalue weighted by Crippen LogP contribution is -2.16. The molecule has 8 heteroatoms. The van der Waals surface area contributed by atoms with Gasteiger partial charge in [0.25, 0.3) is 0 Å². The topological polar surface area (TPSA) is 95.6 Å². The number of nitriles is 1. The van der Waals surface area contributed by atoms with E-state index in [0.717, 1.165) is 23.2 Å². The van der Waals surface area contributed by atoms with Gasteiger partial charge in [0.05, 0.1) is 29.4 Å². The van der Waals surface area contributed by atoms with Gasteiger partial charge >= 0.3 is 0 Å². The summed E-state index contributed by atoms with van der Waals surface area (Å²) in [7, 11) is 1.84. The summed E-state index contributed by atoms with van der Waals surface area (Å²) in [5.74, 6) is -0.205. The maximum atomic E-state index is 13.2. The first-order valence-corrected chi connectivity index (χ1v) is 9.07. The van der Waals surface area contributed by atoms with E-state index in [1.807, 2.05) is 30.7 Å². The van der Waals surface area contributed by atoms with Crippen LogP contribution in [0.3, 0.4) is 0 Å². The Morgan fingerprint density at radius 1 is 1.43 bits per heavy atom. The van der Waals surface area contributed by atoms with Crippen LogP contribution in [0.2, 0.25) is 0 Å². The van der Waals surface area contributed by atoms with Gasteiger partial charge in [-0.25, -0.2) is 14.4 Å². The summed E-state index contributed by atoms with van der Waals surface area (Å²) in [6.07, 6.45) is 1.58. The van der Waals surface area contributed by atoms with Crippen molar-refractivity contribution in [2.75, 3.05) is 10.6 Å². The van der Waals surface area contributed by atoms with Gasteiger partial charge < -0.3 is 15.2 Å². The third-order valence-electron chi connectivity index (χ3n) is 4.89. The number of carbonyl (C=O) groups excluding carboxylic acids is 1. The Labute approximate surface area is 161 Å². The fourth-order valence-corrected chi connectivity index (χ4v) is 3.13. The van der Waals surface area contributed by atoms with E-state index in [1.165, 1.54) is 0 Å². The van der Waals surface area contributed by atoms with Crippen LogP contribution < -0.4 is 10.6 Å². The third-order valence-corrected chi connectivity index (χ3v) is 4.89. The molecule has 3 aromatic rings. The fraction of sp³-hybridized carbons (Fsp3) is 0.300. The predicted molar refractivity (Wildman–Crippen MR) is 104 cm³/mol. The van der Waals surface area contributed by atoms with Crippen LogP contribution in [-0.4, -0.2) is 26.6 Å². The molecule has 2 atom stereocenters. The number of alkyl halides is 1. The smallest absolute Gasteiger partial charge is 0.231 e. The van der Waals surface area contributed by atoms with E-state index in [-0.39, 0.29) is 12.3 Å². The molecule has 7 nitrogen and oxygen atoms in total. The molecule has 2 aromatic heterocycles. The molecule has 0 saturated heterocycles. The van der Waals surface area contributed by atoms with Crippen molar-refractivity contribution in [3.05, 3.63) is 41.7 Å². The number of hydrogen-bond acceptors (Lipinski definition) is 5. The molecule has 1 fully saturated rings. The van der Waals surface area contributed by atoms with Crippen molar-refractivity contribution in [3.63, 3.8) is 0 Å². The summed E-state index contributed by atoms with van der Waals surface area (Å²) in [5.41, 5.74) is 3.67. The Morgan fingerprint density at radius 2 is 2.21 bits per heavy atom. The second kappa shape index (κ2) is 6.93. The zero-order chi connectivity index (χ0) is 19.8. The average molecular weight is 378 g/mol. The number of aryl methyl sites for hydroxylation is 2. The molecule has 0 radical (unpaired) electrons. The van der Waals surface area contributed by atoms with Gasteiger partial charge in [0.15, 0.2) is 5.82 Å². The second-order valence-corrected chi connectivity index (χ2v) is 6.89. The van der Waals surface area contributed by atoms with Crippen LogP contribution in [0.4, 0.5) is 21.7 Å². The van der Waals surface area contributed by atoms with Crippen LogP contribution in [0.15, 0.2) is 30.6 Å². The fourth-order valence-electron chi connectivity index (χ4n) is 3.13. The molecule has 2 heterocycles. The van der Waals surface area contributed by atoms with Crippen LogP contribution in [0.1, 0.15) is 24.5 Å². The largest absolute Gasteiger partial charge is 0.340 e. The van der Waals surface area contributed by atoms with Gasteiger partial charge in [0.2, 0.25) is 5.91 Å². The Balaban J connectivity index is 1.73. The zero-order valence-electron chi connectivity index (χ0n) is 15.5. The maximum Gasteiger partial charge on any atom is 0.231 e. The van der Waals surface area contributed by atoms with E-state index in [0.29, 0.717) is 22.7 Å². The Morgan fingerprint density at radius 3 is 2.89 bits per heavy atom. The van der Waals surface area contributed by atoms with Gasteiger partial charge in [-0.3, -0.25) is 4.79 Å². The van der Waals surface area contributed by atoms with E-state index in [2.05, 4.69) is 26.7 Å². The van der Waals surface area contributed by atoms with E-state index in [1.54, 1.807) is 18.5 Å². The number of fused-ring (bicyclic) bond motifs is 1. The number of imidazole rings is 1. The van der Waals surface area contributed by atoms with E-state index in [9.17, 15) is 14.4 Å². The number of carbonyl (C=O) groups is 1. The molecule has 1 amide bonds. The summed E-state index contributed by atoms with van der Waals surface area (Å²) < 4.78 is 15.0. The van der Waals surface area contributed by atoms with Gasteiger partial charge in [-0.15, -0.1) is 0 Å². The molecule has 2 N–H and O–H groups in total. The van der Waals surface area contributed by atoms with E-state index >= 15 is 0 Å². The molecule has 1 aliphatic carbocycles. The van der Waals surface area contributed by atoms with Gasteiger partial charge in [-0.05, 0) is 30.5 Å². The molecule has 1 aromatic carbocycles. The molecule has 4 rings (SSSR count). The zero-order valence-corrected chi connectivity index (χ0v) is 15.5. The van der Waals surface area contributed by atoms with Crippen molar-refractivity contribution in [1.82, 2.24) is 14.5 Å². The number of hydrogen-bond donors (Lipinski definition) is 2. The highest BCUT2D eigenvalue weighted by Gasteiger charge is 2.44. The van der Waals surface area contributed by atoms with Crippen molar-refractivity contribution < 1.29 is 9.18 Å². The Bertz CT molecular complexity index is 1120. The molecule has 28 heavy (non-hydrogen) atoms. The van der Waals surface area contributed by atoms with Crippen molar-refractivity contribution in [2.45, 2.75) is 25.9 Å². The van der Waals surface area contributed by atoms with Gasteiger partial charge in [-0.1, -0.05) is 13.0 Å². The van der Waals surface area contributed by atoms with Gasteiger partial charge in [0, 0.05) is 18.8 Å². The molecule has 1 aliphatic rings. The number of benzene rings is 1. The lowest BCUT2D eigenvalue weighted by atomic mass is 10.1. The van der Waals surface area contributed by atoms with Crippen LogP contribution >= 0.6 is 0 Å². The standard InChI is InChI=1S/C20H19FN6O/c1-3-12-5-4-11(9-22)6-15(12)24-17-8-16-18(23-10-27(16)2)19(25-17)26-20(28)13-7-14(13)21/h4-6,8,10,13-14H,3,7H2,1-2H3,(H2,24,25,26,28)/t13-,14+/m0/s1. The van der Waals surface area contributed by atoms with Crippen LogP contribution in [0.25, 0.3) is 11.0 Å². The SMILES string of the molecule is CCc1ccc(C#N)cc1Nc1cc2c(ncn2C)c(NC(=O)[C@H]2C[C@H]2F)n1. The normalized spacial score (nSPS) is 17.9. The Kier molecular flexibility index (Phi) is 4.43. The number of rotatable bonds is 5. The monoisotopic (exact) mass is 378 g/mol. The van der Waals surface area contributed by atoms with Crippen molar-refractivity contribution >= 4 is 34.3 Å². The number of halogens is 1. The quantitative estimate of drug-likeness (QED) is 0.709. The Hall–Kier alpha value is -3.47. The van der Waals surface area contributed by atoms with E-state index in [4.69, 9.17) is 0 Å². The first kappa shape index (κ1) is 17.9. The number of amides is 1. The van der Waals surface area contributed by atoms with Crippen LogP contribution in [-0.2, 0) is 18.3 Å². The average Bonchev–Trinajstić information content (AvgIpc) is 3.32. The first-order chi connectivity index (χ1) is 13.5. The summed E-state index contributed by atoms with van der Waals surface area (Å²) in [4.78, 5) is 21.0. The molecule has 0 bridgehead atoms. The third kappa shape index (κ3) is 3.27. The number of aromatic nitrogens is 3. The van der Waals surface area contributed by atoms with Crippen LogP contribution in [0, 0.1) is 17.2 Å². The molecule has 0 spiro atoms. The van der Waals surface area contributed by atoms with Crippen molar-refractivity contribution in [3.8, 4) is 6.07 Å². The first-order valence-electron chi connectivity index (χ1n) is 9.07. The minimum atomic E-state index is -1.08. The predicted octanol–water partition coefficient (Wildman–Crippen LogP) is 3.44. The molecule has 0 aliphatic heterocycles. The van der Waals surface area contributed by atoms with E-state index < -0.39 is 12.1 Å². The van der Waals surface area contributed by atoms with Crippen LogP contribution in [0.5, 0.6) is 0 Å². The number of pyridine rings is 1. The summed E-state index contributed by atoms with van der Waals surface area (Å²) in [6.45, 7) is 2.03. The molecular weight excluding hydrogens is 359 g/mol. The number of nitrogens with one attached hydrogen (secondary N) is 2. The minimum absolute atomic E-state index is 0.246. The number of nitrogens with zero attached hydrogens (tertiary/aromatic N) is 4. The summed E-state index contributed by atoms with van der Waals surface area (Å²) >= 11 is 0. The second-order valence-electron chi connectivity index (χ2n) is 6.89. The number of anilines is 3. The lowest BCUT2D eigenvalue weighted by Gasteiger charge is -2.13. The highest BCUT2D eigenvalue weighted by molar-refractivity contribution is 6.01. The highest BCUT2D eigenvalue weighted by Crippen LogP contribution is 2.35. The summed E-state index contributed by atoms with van der Waals surface area (Å²) in [6, 6.07) is 9.40. The van der Waals surface area contributed by atoms with Crippen molar-refractivity contribution in [2.24, 2.45) is 13.0 Å². The lowest BCUT2D eigenvalue weighted by molar-refractivity contribution is -0.117. The highest BCUT2D eigenvalue weighted by atomic mass is 19.1. The molecule has 0 unspecified atom stereocenters. The van der Waals surface area contributed by atoms with Gasteiger partial charge in [-0.2, -0.15) is 5.26 Å². The van der Waals surface area contributed by atoms with Gasteiger partial charge in [0.1, 0.15) is 17.5 Å². The molecule has 1 saturated carbocycles. The maximum absolute atomic E-state index is 13.2.